The monoisotopic (exact) mass is 358 g/mol. The predicted molar refractivity (Wildman–Crippen MR) is 110 cm³/mol. The molecule has 2 N–H and O–H groups in total. The number of phenolic OH excluding ortho intramolecular Hbond substituents is 1. The van der Waals surface area contributed by atoms with Gasteiger partial charge in [0, 0.05) is 10.7 Å². The number of benzene rings is 2. The van der Waals surface area contributed by atoms with Gasteiger partial charge in [0.05, 0.1) is 6.10 Å². The molecule has 0 aromatic heterocycles. The molecule has 0 saturated heterocycles. The summed E-state index contributed by atoms with van der Waals surface area (Å²) in [6.07, 6.45) is -0.490. The minimum Gasteiger partial charge on any atom is -0.507 e. The van der Waals surface area contributed by atoms with Gasteiger partial charge in [-0.25, -0.2) is 0 Å². The summed E-state index contributed by atoms with van der Waals surface area (Å²) >= 11 is 0. The van der Waals surface area contributed by atoms with Gasteiger partial charge in [-0.3, -0.25) is 0 Å². The van der Waals surface area contributed by atoms with Crippen LogP contribution in [-0.2, 0) is 10.6 Å². The lowest BCUT2D eigenvalue weighted by molar-refractivity contribution is 0.200. The van der Waals surface area contributed by atoms with Crippen molar-refractivity contribution in [1.82, 2.24) is 0 Å². The minimum absolute atomic E-state index is 0.110. The standard InChI is InChI=1S/C22H31O2P/c1-14-12-17(21(3,4)5)20(24)18(13-14)22(6,7)25-19-11-9-8-10-16(19)15(2)23/h8-13,15,23-25H,1-7H3. The van der Waals surface area contributed by atoms with Crippen molar-refractivity contribution in [2.75, 3.05) is 0 Å². The van der Waals surface area contributed by atoms with Crippen LogP contribution >= 0.6 is 8.58 Å². The Morgan fingerprint density at radius 1 is 0.960 bits per heavy atom. The molecule has 0 saturated carbocycles. The van der Waals surface area contributed by atoms with Crippen LogP contribution in [0.4, 0.5) is 0 Å². The smallest absolute Gasteiger partial charge is 0.123 e. The molecule has 2 atom stereocenters. The molecule has 136 valence electrons. The van der Waals surface area contributed by atoms with Crippen LogP contribution in [0.1, 0.15) is 69.9 Å². The van der Waals surface area contributed by atoms with Gasteiger partial charge in [0.15, 0.2) is 0 Å². The summed E-state index contributed by atoms with van der Waals surface area (Å²) in [5.74, 6) is 0.408. The first-order valence-corrected chi connectivity index (χ1v) is 9.83. The molecule has 2 nitrogen and oxygen atoms in total. The molecule has 0 fully saturated rings. The Morgan fingerprint density at radius 3 is 2.08 bits per heavy atom. The Labute approximate surface area is 154 Å². The summed E-state index contributed by atoms with van der Waals surface area (Å²) < 4.78 is 0. The maximum atomic E-state index is 11.0. The van der Waals surface area contributed by atoms with Crippen molar-refractivity contribution in [2.45, 2.75) is 65.1 Å². The lowest BCUT2D eigenvalue weighted by atomic mass is 9.82. The van der Waals surface area contributed by atoms with Crippen molar-refractivity contribution >= 4 is 13.9 Å². The van der Waals surface area contributed by atoms with Gasteiger partial charge >= 0.3 is 0 Å². The van der Waals surface area contributed by atoms with E-state index in [0.29, 0.717) is 14.3 Å². The number of hydrogen-bond acceptors (Lipinski definition) is 2. The van der Waals surface area contributed by atoms with Gasteiger partial charge in [-0.1, -0.05) is 85.2 Å². The second-order valence-corrected chi connectivity index (χ2v) is 10.5. The largest absolute Gasteiger partial charge is 0.507 e. The van der Waals surface area contributed by atoms with Crippen molar-refractivity contribution in [3.05, 3.63) is 58.7 Å². The van der Waals surface area contributed by atoms with E-state index in [-0.39, 0.29) is 10.6 Å². The third-order valence-corrected chi connectivity index (χ3v) is 6.21. The van der Waals surface area contributed by atoms with Gasteiger partial charge in [-0.15, -0.1) is 0 Å². The van der Waals surface area contributed by atoms with Crippen LogP contribution in [0.15, 0.2) is 36.4 Å². The van der Waals surface area contributed by atoms with Crippen LogP contribution in [0.2, 0.25) is 0 Å². The number of aryl methyl sites for hydroxylation is 1. The summed E-state index contributed by atoms with van der Waals surface area (Å²) in [4.78, 5) is 0. The Hall–Kier alpha value is -1.37. The fraction of sp³-hybridized carbons (Fsp3) is 0.455. The fourth-order valence-corrected chi connectivity index (χ4v) is 4.82. The Morgan fingerprint density at radius 2 is 1.52 bits per heavy atom. The molecule has 0 spiro atoms. The van der Waals surface area contributed by atoms with Crippen molar-refractivity contribution in [2.24, 2.45) is 0 Å². The van der Waals surface area contributed by atoms with E-state index < -0.39 is 6.10 Å². The molecule has 0 radical (unpaired) electrons. The summed E-state index contributed by atoms with van der Waals surface area (Å²) in [5.41, 5.74) is 4.00. The van der Waals surface area contributed by atoms with Crippen LogP contribution in [0.25, 0.3) is 0 Å². The van der Waals surface area contributed by atoms with E-state index in [4.69, 9.17) is 0 Å². The lowest BCUT2D eigenvalue weighted by Gasteiger charge is -2.31. The van der Waals surface area contributed by atoms with Crippen molar-refractivity contribution < 1.29 is 10.2 Å². The van der Waals surface area contributed by atoms with Crippen LogP contribution in [0.5, 0.6) is 5.75 Å². The molecular weight excluding hydrogens is 327 g/mol. The lowest BCUT2D eigenvalue weighted by Crippen LogP contribution is -2.20. The molecule has 3 heteroatoms. The van der Waals surface area contributed by atoms with E-state index >= 15 is 0 Å². The topological polar surface area (TPSA) is 40.5 Å². The molecule has 0 amide bonds. The number of aliphatic hydroxyl groups excluding tert-OH is 1. The maximum Gasteiger partial charge on any atom is 0.123 e. The average Bonchev–Trinajstić information content (AvgIpc) is 2.48. The minimum atomic E-state index is -0.490. The van der Waals surface area contributed by atoms with Crippen LogP contribution in [0, 0.1) is 6.92 Å². The molecule has 0 bridgehead atoms. The normalized spacial score (nSPS) is 14.2. The second kappa shape index (κ2) is 7.09. The molecular formula is C22H31O2P. The van der Waals surface area contributed by atoms with E-state index in [0.717, 1.165) is 22.0 Å². The van der Waals surface area contributed by atoms with Gasteiger partial charge < -0.3 is 10.2 Å². The van der Waals surface area contributed by atoms with Crippen LogP contribution in [-0.4, -0.2) is 10.2 Å². The zero-order valence-electron chi connectivity index (χ0n) is 16.4. The van der Waals surface area contributed by atoms with E-state index in [1.54, 1.807) is 6.92 Å². The number of hydrogen-bond donors (Lipinski definition) is 2. The molecule has 0 aliphatic heterocycles. The maximum absolute atomic E-state index is 11.0. The van der Waals surface area contributed by atoms with Gasteiger partial charge in [0.1, 0.15) is 5.75 Å². The molecule has 2 aromatic carbocycles. The Kier molecular flexibility index (Phi) is 5.66. The quantitative estimate of drug-likeness (QED) is 0.729. The summed E-state index contributed by atoms with van der Waals surface area (Å²) in [5, 5.41) is 22.0. The molecule has 25 heavy (non-hydrogen) atoms. The first kappa shape index (κ1) is 19.9. The molecule has 0 aliphatic carbocycles. The number of phenols is 1. The Balaban J connectivity index is 2.53. The summed E-state index contributed by atoms with van der Waals surface area (Å²) in [6.45, 7) is 14.6. The zero-order chi connectivity index (χ0) is 19.0. The third kappa shape index (κ3) is 4.43. The van der Waals surface area contributed by atoms with Gasteiger partial charge in [-0.2, -0.15) is 0 Å². The number of rotatable bonds is 4. The highest BCUT2D eigenvalue weighted by atomic mass is 31.1. The van der Waals surface area contributed by atoms with Gasteiger partial charge in [-0.05, 0) is 35.7 Å². The number of aliphatic hydroxyl groups is 1. The molecule has 0 aliphatic rings. The van der Waals surface area contributed by atoms with Crippen LogP contribution < -0.4 is 5.30 Å². The van der Waals surface area contributed by atoms with Crippen molar-refractivity contribution in [3.8, 4) is 5.75 Å². The highest BCUT2D eigenvalue weighted by Gasteiger charge is 2.30. The highest BCUT2D eigenvalue weighted by molar-refractivity contribution is 7.48. The van der Waals surface area contributed by atoms with E-state index in [9.17, 15) is 10.2 Å². The third-order valence-electron chi connectivity index (χ3n) is 4.59. The predicted octanol–water partition coefficient (Wildman–Crippen LogP) is 5.29. The van der Waals surface area contributed by atoms with Gasteiger partial charge in [0.25, 0.3) is 0 Å². The van der Waals surface area contributed by atoms with E-state index in [1.165, 1.54) is 5.56 Å². The zero-order valence-corrected chi connectivity index (χ0v) is 17.4. The molecule has 2 aromatic rings. The van der Waals surface area contributed by atoms with Gasteiger partial charge in [0.2, 0.25) is 0 Å². The first-order valence-electron chi connectivity index (χ1n) is 8.83. The van der Waals surface area contributed by atoms with Crippen molar-refractivity contribution in [3.63, 3.8) is 0 Å². The molecule has 2 rings (SSSR count). The SMILES string of the molecule is Cc1cc(C(C)(C)C)c(O)c(C(C)(C)Pc2ccccc2C(C)O)c1. The van der Waals surface area contributed by atoms with Crippen molar-refractivity contribution in [1.29, 1.82) is 0 Å². The molecule has 2 unspecified atom stereocenters. The number of aromatic hydroxyl groups is 1. The van der Waals surface area contributed by atoms with Crippen LogP contribution in [0.3, 0.4) is 0 Å². The fourth-order valence-electron chi connectivity index (χ4n) is 3.21. The average molecular weight is 358 g/mol. The van der Waals surface area contributed by atoms with E-state index in [1.807, 2.05) is 18.2 Å². The highest BCUT2D eigenvalue weighted by Crippen LogP contribution is 2.48. The molecule has 0 heterocycles. The van der Waals surface area contributed by atoms with E-state index in [2.05, 4.69) is 59.7 Å². The second-order valence-electron chi connectivity index (χ2n) is 8.47. The Bertz CT molecular complexity index is 755. The summed E-state index contributed by atoms with van der Waals surface area (Å²) in [7, 11) is 0.453. The summed E-state index contributed by atoms with van der Waals surface area (Å²) in [6, 6.07) is 12.2. The first-order chi connectivity index (χ1) is 11.4.